The van der Waals surface area contributed by atoms with E-state index in [0.717, 1.165) is 17.7 Å². The number of alkyl halides is 3. The largest absolute Gasteiger partial charge is 0.416 e. The van der Waals surface area contributed by atoms with Crippen LogP contribution in [0, 0.1) is 5.92 Å². The van der Waals surface area contributed by atoms with Gasteiger partial charge in [-0.15, -0.1) is 12.4 Å². The summed E-state index contributed by atoms with van der Waals surface area (Å²) in [7, 11) is 1.71. The first-order valence-electron chi connectivity index (χ1n) is 8.25. The molecule has 0 aliphatic rings. The Morgan fingerprint density at radius 2 is 1.74 bits per heavy atom. The Labute approximate surface area is 163 Å². The van der Waals surface area contributed by atoms with E-state index in [-0.39, 0.29) is 29.9 Å². The van der Waals surface area contributed by atoms with Gasteiger partial charge in [0.15, 0.2) is 0 Å². The number of amides is 1. The molecule has 148 valence electrons. The maximum Gasteiger partial charge on any atom is 0.416 e. The lowest BCUT2D eigenvalue weighted by atomic mass is 10.1. The van der Waals surface area contributed by atoms with E-state index < -0.39 is 11.7 Å². The molecule has 0 heterocycles. The zero-order valence-electron chi connectivity index (χ0n) is 15.1. The lowest BCUT2D eigenvalue weighted by Crippen LogP contribution is -2.29. The Bertz CT molecular complexity index is 739. The van der Waals surface area contributed by atoms with Gasteiger partial charge in [-0.3, -0.25) is 4.79 Å². The number of carbonyl (C=O) groups is 1. The lowest BCUT2D eigenvalue weighted by Gasteiger charge is -2.18. The van der Waals surface area contributed by atoms with Crippen LogP contribution in [0.5, 0.6) is 0 Å². The minimum Gasteiger partial charge on any atom is -0.379 e. The summed E-state index contributed by atoms with van der Waals surface area (Å²) in [6.45, 7) is 2.56. The van der Waals surface area contributed by atoms with Gasteiger partial charge in [-0.2, -0.15) is 13.2 Å². The highest BCUT2D eigenvalue weighted by Crippen LogP contribution is 2.34. The fraction of sp³-hybridized carbons (Fsp3) is 0.316. The van der Waals surface area contributed by atoms with Crippen molar-refractivity contribution >= 4 is 29.7 Å². The maximum atomic E-state index is 13.0. The molecule has 0 fully saturated rings. The van der Waals surface area contributed by atoms with Crippen molar-refractivity contribution in [2.45, 2.75) is 19.6 Å². The third kappa shape index (κ3) is 6.77. The number of rotatable bonds is 7. The van der Waals surface area contributed by atoms with E-state index >= 15 is 0 Å². The molecule has 1 unspecified atom stereocenters. The Kier molecular flexibility index (Phi) is 8.59. The third-order valence-corrected chi connectivity index (χ3v) is 3.89. The van der Waals surface area contributed by atoms with Gasteiger partial charge in [0.1, 0.15) is 0 Å². The van der Waals surface area contributed by atoms with Gasteiger partial charge in [-0.25, -0.2) is 0 Å². The Morgan fingerprint density at radius 1 is 1.07 bits per heavy atom. The smallest absolute Gasteiger partial charge is 0.379 e. The van der Waals surface area contributed by atoms with E-state index in [4.69, 9.17) is 0 Å². The van der Waals surface area contributed by atoms with Gasteiger partial charge in [-0.05, 0) is 30.8 Å². The molecule has 0 spiro atoms. The summed E-state index contributed by atoms with van der Waals surface area (Å²) in [6, 6.07) is 12.8. The number of nitrogens with one attached hydrogen (secondary N) is 3. The first kappa shape index (κ1) is 22.8. The Hall–Kier alpha value is -2.25. The molecule has 3 N–H and O–H groups in total. The van der Waals surface area contributed by atoms with Crippen molar-refractivity contribution in [1.82, 2.24) is 5.32 Å². The number of carbonyl (C=O) groups excluding carboxylic acids is 1. The molecule has 0 aromatic heterocycles. The molecule has 1 atom stereocenters. The molecule has 0 bridgehead atoms. The van der Waals surface area contributed by atoms with Gasteiger partial charge >= 0.3 is 6.18 Å². The molecule has 4 nitrogen and oxygen atoms in total. The first-order chi connectivity index (χ1) is 12.3. The zero-order chi connectivity index (χ0) is 19.2. The number of halogens is 4. The summed E-state index contributed by atoms with van der Waals surface area (Å²) < 4.78 is 39.1. The predicted octanol–water partition coefficient (Wildman–Crippen LogP) is 4.53. The molecule has 0 aliphatic heterocycles. The van der Waals surface area contributed by atoms with Gasteiger partial charge in [0.2, 0.25) is 5.91 Å². The fourth-order valence-electron chi connectivity index (χ4n) is 2.43. The second-order valence-electron chi connectivity index (χ2n) is 6.05. The molecule has 0 aliphatic carbocycles. The van der Waals surface area contributed by atoms with Crippen molar-refractivity contribution in [2.24, 2.45) is 5.92 Å². The van der Waals surface area contributed by atoms with E-state index in [0.29, 0.717) is 18.8 Å². The number of hydrogen-bond acceptors (Lipinski definition) is 3. The van der Waals surface area contributed by atoms with E-state index in [1.165, 1.54) is 6.07 Å². The normalized spacial score (nSPS) is 12.0. The fourth-order valence-corrected chi connectivity index (χ4v) is 2.43. The monoisotopic (exact) mass is 401 g/mol. The van der Waals surface area contributed by atoms with Crippen LogP contribution in [0.4, 0.5) is 24.5 Å². The van der Waals surface area contributed by atoms with Crippen LogP contribution in [0.15, 0.2) is 48.5 Å². The average Bonchev–Trinajstić information content (AvgIpc) is 2.60. The van der Waals surface area contributed by atoms with Crippen molar-refractivity contribution in [3.05, 3.63) is 59.7 Å². The molecule has 0 saturated heterocycles. The van der Waals surface area contributed by atoms with Crippen molar-refractivity contribution in [3.8, 4) is 0 Å². The summed E-state index contributed by atoms with van der Waals surface area (Å²) >= 11 is 0. The van der Waals surface area contributed by atoms with Crippen LogP contribution in [0.2, 0.25) is 0 Å². The molecule has 8 heteroatoms. The molecule has 2 rings (SSSR count). The van der Waals surface area contributed by atoms with Gasteiger partial charge in [0.25, 0.3) is 0 Å². The highest BCUT2D eigenvalue weighted by atomic mass is 35.5. The topological polar surface area (TPSA) is 53.2 Å². The minimum atomic E-state index is -4.48. The molecule has 2 aromatic carbocycles. The standard InChI is InChI=1S/C19H22F3N3O.ClH/c1-13(11-23-2)18(26)25-17-10-15(19(20,21)22)8-9-16(17)24-12-14-6-4-3-5-7-14;/h3-10,13,23-24H,11-12H2,1-2H3,(H,25,26);1H. The van der Waals surface area contributed by atoms with Crippen LogP contribution in [0.1, 0.15) is 18.1 Å². The summed E-state index contributed by atoms with van der Waals surface area (Å²) in [5.74, 6) is -0.724. The van der Waals surface area contributed by atoms with E-state index in [9.17, 15) is 18.0 Å². The number of anilines is 2. The SMILES string of the molecule is CNCC(C)C(=O)Nc1cc(C(F)(F)F)ccc1NCc1ccccc1.Cl. The average molecular weight is 402 g/mol. The number of hydrogen-bond donors (Lipinski definition) is 3. The van der Waals surface area contributed by atoms with Crippen molar-refractivity contribution < 1.29 is 18.0 Å². The molecular formula is C19H23ClF3N3O. The van der Waals surface area contributed by atoms with Gasteiger partial charge in [-0.1, -0.05) is 37.3 Å². The molecule has 0 saturated carbocycles. The maximum absolute atomic E-state index is 13.0. The van der Waals surface area contributed by atoms with Crippen molar-refractivity contribution in [3.63, 3.8) is 0 Å². The summed E-state index contributed by atoms with van der Waals surface area (Å²) in [5, 5.41) is 8.56. The second-order valence-corrected chi connectivity index (χ2v) is 6.05. The van der Waals surface area contributed by atoms with Gasteiger partial charge in [0.05, 0.1) is 16.9 Å². The third-order valence-electron chi connectivity index (χ3n) is 3.89. The van der Waals surface area contributed by atoms with Gasteiger partial charge in [0, 0.05) is 19.0 Å². The lowest BCUT2D eigenvalue weighted by molar-refractivity contribution is -0.137. The highest BCUT2D eigenvalue weighted by molar-refractivity contribution is 5.95. The van der Waals surface area contributed by atoms with E-state index in [2.05, 4.69) is 16.0 Å². The summed E-state index contributed by atoms with van der Waals surface area (Å²) in [5.41, 5.74) is 0.725. The molecular weight excluding hydrogens is 379 g/mol. The molecule has 1 amide bonds. The van der Waals surface area contributed by atoms with Crippen LogP contribution in [0.25, 0.3) is 0 Å². The molecule has 0 radical (unpaired) electrons. The second kappa shape index (κ2) is 10.2. The van der Waals surface area contributed by atoms with Crippen LogP contribution in [-0.4, -0.2) is 19.5 Å². The van der Waals surface area contributed by atoms with Crippen molar-refractivity contribution in [1.29, 1.82) is 0 Å². The summed E-state index contributed by atoms with van der Waals surface area (Å²) in [4.78, 5) is 12.2. The Morgan fingerprint density at radius 3 is 2.33 bits per heavy atom. The molecule has 27 heavy (non-hydrogen) atoms. The first-order valence-corrected chi connectivity index (χ1v) is 8.25. The molecule has 2 aromatic rings. The predicted molar refractivity (Wildman–Crippen MR) is 104 cm³/mol. The minimum absolute atomic E-state index is 0. The van der Waals surface area contributed by atoms with Crippen LogP contribution in [-0.2, 0) is 17.5 Å². The summed E-state index contributed by atoms with van der Waals surface area (Å²) in [6.07, 6.45) is -4.48. The van der Waals surface area contributed by atoms with Crippen LogP contribution in [0.3, 0.4) is 0 Å². The number of benzene rings is 2. The van der Waals surface area contributed by atoms with E-state index in [1.807, 2.05) is 30.3 Å². The highest BCUT2D eigenvalue weighted by Gasteiger charge is 2.31. The van der Waals surface area contributed by atoms with Gasteiger partial charge < -0.3 is 16.0 Å². The van der Waals surface area contributed by atoms with Crippen LogP contribution < -0.4 is 16.0 Å². The Balaban J connectivity index is 0.00000364. The van der Waals surface area contributed by atoms with Crippen molar-refractivity contribution in [2.75, 3.05) is 24.2 Å². The van der Waals surface area contributed by atoms with E-state index in [1.54, 1.807) is 14.0 Å². The zero-order valence-corrected chi connectivity index (χ0v) is 15.9. The van der Waals surface area contributed by atoms with Crippen LogP contribution >= 0.6 is 12.4 Å². The quantitative estimate of drug-likeness (QED) is 0.638.